The van der Waals surface area contributed by atoms with Gasteiger partial charge >= 0.3 is 0 Å². The van der Waals surface area contributed by atoms with Crippen LogP contribution >= 0.6 is 0 Å². The summed E-state index contributed by atoms with van der Waals surface area (Å²) in [5.41, 5.74) is 3.59. The van der Waals surface area contributed by atoms with Crippen LogP contribution in [-0.4, -0.2) is 19.6 Å². The summed E-state index contributed by atoms with van der Waals surface area (Å²) >= 11 is 0. The second-order valence-electron chi connectivity index (χ2n) is 5.81. The number of nitrogens with zero attached hydrogens (tertiary/aromatic N) is 4. The van der Waals surface area contributed by atoms with Crippen LogP contribution in [0.1, 0.15) is 57.0 Å². The first kappa shape index (κ1) is 13.2. The molecule has 0 atom stereocenters. The van der Waals surface area contributed by atoms with Gasteiger partial charge in [-0.05, 0) is 39.7 Å². The summed E-state index contributed by atoms with van der Waals surface area (Å²) in [6.07, 6.45) is 6.51. The Balaban J connectivity index is 1.72. The molecule has 5 nitrogen and oxygen atoms in total. The Morgan fingerprint density at radius 3 is 2.80 bits per heavy atom. The number of rotatable bonds is 6. The number of hydrogen-bond donors (Lipinski definition) is 1. The molecule has 5 heteroatoms. The van der Waals surface area contributed by atoms with E-state index in [1.165, 1.54) is 24.2 Å². The molecule has 1 aliphatic rings. The molecule has 0 aromatic carbocycles. The first-order chi connectivity index (χ1) is 9.67. The van der Waals surface area contributed by atoms with Gasteiger partial charge in [-0.1, -0.05) is 0 Å². The van der Waals surface area contributed by atoms with Gasteiger partial charge in [-0.2, -0.15) is 10.2 Å². The number of aryl methyl sites for hydroxylation is 1. The van der Waals surface area contributed by atoms with E-state index in [4.69, 9.17) is 5.10 Å². The van der Waals surface area contributed by atoms with Crippen molar-refractivity contribution in [1.82, 2.24) is 19.6 Å². The highest BCUT2D eigenvalue weighted by Gasteiger charge is 2.27. The van der Waals surface area contributed by atoms with Crippen LogP contribution in [0.25, 0.3) is 0 Å². The molecule has 2 aromatic rings. The van der Waals surface area contributed by atoms with Gasteiger partial charge < -0.3 is 5.32 Å². The molecule has 1 saturated carbocycles. The number of hydrogen-bond acceptors (Lipinski definition) is 3. The van der Waals surface area contributed by atoms with Crippen molar-refractivity contribution in [1.29, 1.82) is 0 Å². The lowest BCUT2D eigenvalue weighted by atomic mass is 10.2. The van der Waals surface area contributed by atoms with Crippen LogP contribution in [0.3, 0.4) is 0 Å². The highest BCUT2D eigenvalue weighted by molar-refractivity contribution is 5.38. The Bertz CT molecular complexity index is 577. The summed E-state index contributed by atoms with van der Waals surface area (Å²) < 4.78 is 4.07. The van der Waals surface area contributed by atoms with Crippen molar-refractivity contribution < 1.29 is 0 Å². The topological polar surface area (TPSA) is 47.7 Å². The predicted octanol–water partition coefficient (Wildman–Crippen LogP) is 3.17. The van der Waals surface area contributed by atoms with Crippen LogP contribution in [0.2, 0.25) is 0 Å². The van der Waals surface area contributed by atoms with Gasteiger partial charge in [-0.3, -0.25) is 9.36 Å². The fourth-order valence-electron chi connectivity index (χ4n) is 2.43. The lowest BCUT2D eigenvalue weighted by Crippen LogP contribution is -2.11. The Labute approximate surface area is 120 Å². The lowest BCUT2D eigenvalue weighted by Gasteiger charge is -2.11. The quantitative estimate of drug-likeness (QED) is 0.879. The molecule has 1 N–H and O–H groups in total. The van der Waals surface area contributed by atoms with E-state index >= 15 is 0 Å². The zero-order valence-electron chi connectivity index (χ0n) is 12.5. The first-order valence-electron chi connectivity index (χ1n) is 7.52. The van der Waals surface area contributed by atoms with Gasteiger partial charge in [0.05, 0.1) is 29.8 Å². The molecule has 20 heavy (non-hydrogen) atoms. The van der Waals surface area contributed by atoms with Crippen LogP contribution in [0.5, 0.6) is 0 Å². The SMILES string of the molecule is CCn1cc(NCc2cc(C3CC3)nn2C(C)C)cn1. The van der Waals surface area contributed by atoms with Gasteiger partial charge in [0.2, 0.25) is 0 Å². The van der Waals surface area contributed by atoms with Crippen molar-refractivity contribution in [3.63, 3.8) is 0 Å². The van der Waals surface area contributed by atoms with Crippen LogP contribution < -0.4 is 5.32 Å². The van der Waals surface area contributed by atoms with E-state index in [9.17, 15) is 0 Å². The number of anilines is 1. The molecule has 0 radical (unpaired) electrons. The van der Waals surface area contributed by atoms with E-state index in [-0.39, 0.29) is 0 Å². The average molecular weight is 273 g/mol. The fourth-order valence-corrected chi connectivity index (χ4v) is 2.43. The Morgan fingerprint density at radius 2 is 2.20 bits per heavy atom. The monoisotopic (exact) mass is 273 g/mol. The number of nitrogens with one attached hydrogen (secondary N) is 1. The normalized spacial score (nSPS) is 15.0. The standard InChI is InChI=1S/C15H23N5/c1-4-19-10-13(8-17-19)16-9-14-7-15(12-5-6-12)18-20(14)11(2)3/h7-8,10-12,16H,4-6,9H2,1-3H3. The van der Waals surface area contributed by atoms with Crippen LogP contribution in [-0.2, 0) is 13.1 Å². The largest absolute Gasteiger partial charge is 0.377 e. The van der Waals surface area contributed by atoms with Gasteiger partial charge in [0.1, 0.15) is 0 Å². The van der Waals surface area contributed by atoms with Crippen molar-refractivity contribution in [2.75, 3.05) is 5.32 Å². The summed E-state index contributed by atoms with van der Waals surface area (Å²) in [5.74, 6) is 0.705. The van der Waals surface area contributed by atoms with Crippen molar-refractivity contribution in [2.45, 2.75) is 58.7 Å². The molecular weight excluding hydrogens is 250 g/mol. The maximum absolute atomic E-state index is 4.76. The maximum Gasteiger partial charge on any atom is 0.0729 e. The second kappa shape index (κ2) is 5.31. The van der Waals surface area contributed by atoms with Crippen molar-refractivity contribution in [3.05, 3.63) is 29.8 Å². The van der Waals surface area contributed by atoms with E-state index in [1.807, 2.05) is 17.1 Å². The van der Waals surface area contributed by atoms with E-state index in [1.54, 1.807) is 0 Å². The Kier molecular flexibility index (Phi) is 3.51. The predicted molar refractivity (Wildman–Crippen MR) is 79.8 cm³/mol. The van der Waals surface area contributed by atoms with Crippen LogP contribution in [0.4, 0.5) is 5.69 Å². The van der Waals surface area contributed by atoms with Gasteiger partial charge in [0.25, 0.3) is 0 Å². The van der Waals surface area contributed by atoms with Gasteiger partial charge in [-0.25, -0.2) is 0 Å². The Hall–Kier alpha value is -1.78. The number of aromatic nitrogens is 4. The minimum Gasteiger partial charge on any atom is -0.377 e. The smallest absolute Gasteiger partial charge is 0.0729 e. The third kappa shape index (κ3) is 2.71. The average Bonchev–Trinajstić information content (AvgIpc) is 3.03. The lowest BCUT2D eigenvalue weighted by molar-refractivity contribution is 0.507. The van der Waals surface area contributed by atoms with E-state index < -0.39 is 0 Å². The molecule has 3 rings (SSSR count). The van der Waals surface area contributed by atoms with Gasteiger partial charge in [-0.15, -0.1) is 0 Å². The molecule has 0 unspecified atom stereocenters. The molecule has 0 spiro atoms. The molecule has 0 aliphatic heterocycles. The molecule has 1 aliphatic carbocycles. The molecular formula is C15H23N5. The molecule has 0 saturated heterocycles. The van der Waals surface area contributed by atoms with Crippen LogP contribution in [0.15, 0.2) is 18.5 Å². The summed E-state index contributed by atoms with van der Waals surface area (Å²) in [6.45, 7) is 8.15. The zero-order chi connectivity index (χ0) is 14.1. The first-order valence-corrected chi connectivity index (χ1v) is 7.52. The van der Waals surface area contributed by atoms with Gasteiger partial charge in [0, 0.05) is 24.7 Å². The molecule has 1 fully saturated rings. The summed E-state index contributed by atoms with van der Waals surface area (Å²) in [6, 6.07) is 2.66. The van der Waals surface area contributed by atoms with Crippen LogP contribution in [0, 0.1) is 0 Å². The molecule has 2 heterocycles. The zero-order valence-corrected chi connectivity index (χ0v) is 12.5. The Morgan fingerprint density at radius 1 is 1.40 bits per heavy atom. The maximum atomic E-state index is 4.76. The summed E-state index contributed by atoms with van der Waals surface area (Å²) in [5, 5.41) is 12.5. The van der Waals surface area contributed by atoms with Crippen molar-refractivity contribution in [2.24, 2.45) is 0 Å². The molecule has 0 amide bonds. The second-order valence-corrected chi connectivity index (χ2v) is 5.81. The fraction of sp³-hybridized carbons (Fsp3) is 0.600. The minimum atomic E-state index is 0.401. The summed E-state index contributed by atoms with van der Waals surface area (Å²) in [4.78, 5) is 0. The minimum absolute atomic E-state index is 0.401. The third-order valence-corrected chi connectivity index (χ3v) is 3.75. The molecule has 0 bridgehead atoms. The van der Waals surface area contributed by atoms with E-state index in [0.717, 1.165) is 18.8 Å². The van der Waals surface area contributed by atoms with E-state index in [2.05, 4.69) is 41.9 Å². The van der Waals surface area contributed by atoms with Crippen molar-refractivity contribution in [3.8, 4) is 0 Å². The highest BCUT2D eigenvalue weighted by atomic mass is 15.3. The van der Waals surface area contributed by atoms with Gasteiger partial charge in [0.15, 0.2) is 0 Å². The summed E-state index contributed by atoms with van der Waals surface area (Å²) in [7, 11) is 0. The third-order valence-electron chi connectivity index (χ3n) is 3.75. The molecule has 108 valence electrons. The van der Waals surface area contributed by atoms with E-state index in [0.29, 0.717) is 12.0 Å². The highest BCUT2D eigenvalue weighted by Crippen LogP contribution is 2.39. The molecule has 2 aromatic heterocycles. The van der Waals surface area contributed by atoms with Crippen molar-refractivity contribution >= 4 is 5.69 Å².